The number of nitro groups is 1. The summed E-state index contributed by atoms with van der Waals surface area (Å²) in [5, 5.41) is 10.7. The summed E-state index contributed by atoms with van der Waals surface area (Å²) in [6, 6.07) is 2.94. The average Bonchev–Trinajstić information content (AvgIpc) is 2.44. The highest BCUT2D eigenvalue weighted by atomic mass is 32.2. The van der Waals surface area contributed by atoms with Crippen molar-refractivity contribution >= 4 is 15.7 Å². The smallest absolute Gasteiger partial charge is 0.273 e. The fourth-order valence-electron chi connectivity index (χ4n) is 2.04. The number of hydrogen-bond acceptors (Lipinski definition) is 6. The summed E-state index contributed by atoms with van der Waals surface area (Å²) >= 11 is 0. The van der Waals surface area contributed by atoms with Crippen molar-refractivity contribution in [2.45, 2.75) is 31.2 Å². The normalized spacial score (nSPS) is 13.1. The van der Waals surface area contributed by atoms with Crippen LogP contribution in [0.4, 0.5) is 5.69 Å². The third-order valence-electron chi connectivity index (χ3n) is 3.01. The highest BCUT2D eigenvalue weighted by molar-refractivity contribution is 7.89. The number of rotatable bonds is 8. The Morgan fingerprint density at radius 2 is 2.05 bits per heavy atom. The summed E-state index contributed by atoms with van der Waals surface area (Å²) in [5.41, 5.74) is 5.35. The van der Waals surface area contributed by atoms with Gasteiger partial charge in [0.1, 0.15) is 10.6 Å². The molecule has 1 aromatic rings. The molecule has 1 rings (SSSR count). The van der Waals surface area contributed by atoms with Crippen molar-refractivity contribution in [1.29, 1.82) is 0 Å². The predicted octanol–water partition coefficient (Wildman–Crippen LogP) is 1.26. The quantitative estimate of drug-likeness (QED) is 0.545. The number of nitrogens with two attached hydrogens (primary N) is 1. The first kappa shape index (κ1) is 18.3. The highest BCUT2D eigenvalue weighted by Crippen LogP contribution is 2.28. The molecule has 1 unspecified atom stereocenters. The zero-order valence-corrected chi connectivity index (χ0v) is 13.6. The molecule has 0 aliphatic rings. The van der Waals surface area contributed by atoms with Crippen molar-refractivity contribution < 1.29 is 18.1 Å². The second kappa shape index (κ2) is 7.52. The number of nitrogens with one attached hydrogen (secondary N) is 1. The fraction of sp³-hybridized carbons (Fsp3) is 0.538. The number of hydrogen-bond donors (Lipinski definition) is 2. The molecule has 0 saturated carbocycles. The van der Waals surface area contributed by atoms with Gasteiger partial charge in [-0.15, -0.1) is 0 Å². The van der Waals surface area contributed by atoms with Gasteiger partial charge in [-0.25, -0.2) is 13.1 Å². The molecule has 124 valence electrons. The lowest BCUT2D eigenvalue weighted by Crippen LogP contribution is -2.41. The van der Waals surface area contributed by atoms with Crippen LogP contribution in [0.5, 0.6) is 5.75 Å². The van der Waals surface area contributed by atoms with Crippen LogP contribution in [0.2, 0.25) is 0 Å². The Bertz CT molecular complexity index is 631. The fourth-order valence-corrected chi connectivity index (χ4v) is 3.45. The van der Waals surface area contributed by atoms with Crippen LogP contribution in [0.3, 0.4) is 0 Å². The molecule has 0 spiro atoms. The van der Waals surface area contributed by atoms with E-state index in [1.165, 1.54) is 7.11 Å². The lowest BCUT2D eigenvalue weighted by atomic mass is 10.1. The number of benzene rings is 1. The molecule has 9 heteroatoms. The maximum Gasteiger partial charge on any atom is 0.273 e. The Kier molecular flexibility index (Phi) is 6.27. The van der Waals surface area contributed by atoms with Gasteiger partial charge in [-0.05, 0) is 18.4 Å². The van der Waals surface area contributed by atoms with Gasteiger partial charge in [0.15, 0.2) is 0 Å². The zero-order chi connectivity index (χ0) is 16.9. The van der Waals surface area contributed by atoms with E-state index in [0.29, 0.717) is 6.42 Å². The minimum Gasteiger partial charge on any atom is -0.495 e. The Hall–Kier alpha value is -1.71. The first-order valence-electron chi connectivity index (χ1n) is 6.76. The van der Waals surface area contributed by atoms with Crippen molar-refractivity contribution in [3.8, 4) is 5.75 Å². The Morgan fingerprint density at radius 1 is 1.41 bits per heavy atom. The van der Waals surface area contributed by atoms with Gasteiger partial charge in [-0.1, -0.05) is 13.8 Å². The standard InChI is InChI=1S/C13H21N3O5S/c1-9(2)6-10(8-14)15-22(19,20)13-5-4-11(16(17)18)7-12(13)21-3/h4-5,7,9-10,15H,6,8,14H2,1-3H3. The van der Waals surface area contributed by atoms with Crippen LogP contribution in [0, 0.1) is 16.0 Å². The highest BCUT2D eigenvalue weighted by Gasteiger charge is 2.25. The monoisotopic (exact) mass is 331 g/mol. The number of methoxy groups -OCH3 is 1. The van der Waals surface area contributed by atoms with Gasteiger partial charge >= 0.3 is 0 Å². The van der Waals surface area contributed by atoms with Gasteiger partial charge in [-0.3, -0.25) is 10.1 Å². The molecular formula is C13H21N3O5S. The molecule has 0 fully saturated rings. The van der Waals surface area contributed by atoms with E-state index in [9.17, 15) is 18.5 Å². The summed E-state index contributed by atoms with van der Waals surface area (Å²) in [6.07, 6.45) is 0.588. The van der Waals surface area contributed by atoms with Crippen LogP contribution >= 0.6 is 0 Å². The maximum atomic E-state index is 12.4. The van der Waals surface area contributed by atoms with E-state index < -0.39 is 21.0 Å². The van der Waals surface area contributed by atoms with E-state index in [-0.39, 0.29) is 28.8 Å². The minimum atomic E-state index is -3.88. The van der Waals surface area contributed by atoms with E-state index in [1.54, 1.807) is 0 Å². The molecule has 1 aromatic carbocycles. The Balaban J connectivity index is 3.14. The van der Waals surface area contributed by atoms with Crippen LogP contribution < -0.4 is 15.2 Å². The Morgan fingerprint density at radius 3 is 2.50 bits per heavy atom. The molecule has 22 heavy (non-hydrogen) atoms. The van der Waals surface area contributed by atoms with Gasteiger partial charge in [-0.2, -0.15) is 0 Å². The number of sulfonamides is 1. The van der Waals surface area contributed by atoms with Gasteiger partial charge in [0, 0.05) is 18.7 Å². The maximum absolute atomic E-state index is 12.4. The second-order valence-electron chi connectivity index (χ2n) is 5.28. The summed E-state index contributed by atoms with van der Waals surface area (Å²) in [5.74, 6) is 0.192. The predicted molar refractivity (Wildman–Crippen MR) is 82.3 cm³/mol. The van der Waals surface area contributed by atoms with E-state index in [1.807, 2.05) is 13.8 Å². The van der Waals surface area contributed by atoms with E-state index >= 15 is 0 Å². The molecule has 0 radical (unpaired) electrons. The van der Waals surface area contributed by atoms with Crippen molar-refractivity contribution in [2.75, 3.05) is 13.7 Å². The summed E-state index contributed by atoms with van der Waals surface area (Å²) in [4.78, 5) is 9.98. The van der Waals surface area contributed by atoms with Crippen molar-refractivity contribution in [2.24, 2.45) is 11.7 Å². The topological polar surface area (TPSA) is 125 Å². The van der Waals surface area contributed by atoms with Crippen LogP contribution in [-0.4, -0.2) is 33.0 Å². The number of nitro benzene ring substituents is 1. The van der Waals surface area contributed by atoms with Gasteiger partial charge in [0.2, 0.25) is 10.0 Å². The lowest BCUT2D eigenvalue weighted by Gasteiger charge is -2.19. The number of non-ortho nitro benzene ring substituents is 1. The van der Waals surface area contributed by atoms with Crippen LogP contribution in [0.1, 0.15) is 20.3 Å². The van der Waals surface area contributed by atoms with Crippen molar-refractivity contribution in [3.63, 3.8) is 0 Å². The van der Waals surface area contributed by atoms with E-state index in [0.717, 1.165) is 18.2 Å². The molecule has 0 saturated heterocycles. The summed E-state index contributed by atoms with van der Waals surface area (Å²) in [7, 11) is -2.62. The van der Waals surface area contributed by atoms with E-state index in [2.05, 4.69) is 4.72 Å². The molecule has 0 aliphatic heterocycles. The largest absolute Gasteiger partial charge is 0.495 e. The van der Waals surface area contributed by atoms with Crippen LogP contribution in [0.15, 0.2) is 23.1 Å². The number of ether oxygens (including phenoxy) is 1. The molecule has 0 bridgehead atoms. The molecule has 0 aromatic heterocycles. The average molecular weight is 331 g/mol. The second-order valence-corrected chi connectivity index (χ2v) is 6.96. The third kappa shape index (κ3) is 4.65. The lowest BCUT2D eigenvalue weighted by molar-refractivity contribution is -0.385. The van der Waals surface area contributed by atoms with Crippen LogP contribution in [0.25, 0.3) is 0 Å². The van der Waals surface area contributed by atoms with E-state index in [4.69, 9.17) is 10.5 Å². The summed E-state index contributed by atoms with van der Waals surface area (Å²) in [6.45, 7) is 4.08. The minimum absolute atomic E-state index is 0.0815. The van der Waals surface area contributed by atoms with Gasteiger partial charge in [0.05, 0.1) is 18.1 Å². The molecular weight excluding hydrogens is 310 g/mol. The molecule has 0 amide bonds. The SMILES string of the molecule is COc1cc([N+](=O)[O-])ccc1S(=O)(=O)NC(CN)CC(C)C. The van der Waals surface area contributed by atoms with Crippen molar-refractivity contribution in [1.82, 2.24) is 4.72 Å². The first-order chi connectivity index (χ1) is 10.2. The number of nitrogens with zero attached hydrogens (tertiary/aromatic N) is 1. The van der Waals surface area contributed by atoms with Crippen LogP contribution in [-0.2, 0) is 10.0 Å². The van der Waals surface area contributed by atoms with Gasteiger partial charge < -0.3 is 10.5 Å². The van der Waals surface area contributed by atoms with Crippen molar-refractivity contribution in [3.05, 3.63) is 28.3 Å². The molecule has 1 atom stereocenters. The zero-order valence-electron chi connectivity index (χ0n) is 12.8. The summed E-state index contributed by atoms with van der Waals surface area (Å²) < 4.78 is 32.3. The van der Waals surface area contributed by atoms with Gasteiger partial charge in [0.25, 0.3) is 5.69 Å². The third-order valence-corrected chi connectivity index (χ3v) is 4.57. The molecule has 0 heterocycles. The molecule has 3 N–H and O–H groups in total. The molecule has 8 nitrogen and oxygen atoms in total. The molecule has 0 aliphatic carbocycles. The first-order valence-corrected chi connectivity index (χ1v) is 8.24. The Labute approximate surface area is 129 Å².